The second-order valence-corrected chi connectivity index (χ2v) is 5.03. The number of amides is 1. The largest absolute Gasteiger partial charge is 0.481 e. The standard InChI is InChI=1S/C12H24N2O4/c1-7(2)4-5-10(8(3)15)14-12(18)9(13)6-11(16)17/h7-10,15H,4-6,13H2,1-3H3,(H,14,18)(H,16,17)/t8-,9-,10-/m0/s1. The first-order valence-electron chi connectivity index (χ1n) is 6.19. The molecule has 1 amide bonds. The molecule has 5 N–H and O–H groups in total. The van der Waals surface area contributed by atoms with Gasteiger partial charge in [0.15, 0.2) is 0 Å². The van der Waals surface area contributed by atoms with Gasteiger partial charge in [-0.2, -0.15) is 0 Å². The Balaban J connectivity index is 4.31. The van der Waals surface area contributed by atoms with Crippen LogP contribution in [0.2, 0.25) is 0 Å². The van der Waals surface area contributed by atoms with Gasteiger partial charge in [-0.25, -0.2) is 0 Å². The molecule has 0 spiro atoms. The van der Waals surface area contributed by atoms with Crippen LogP contribution < -0.4 is 11.1 Å². The lowest BCUT2D eigenvalue weighted by molar-refractivity contribution is -0.139. The summed E-state index contributed by atoms with van der Waals surface area (Å²) in [7, 11) is 0. The zero-order valence-electron chi connectivity index (χ0n) is 11.2. The number of aliphatic hydroxyl groups excluding tert-OH is 1. The number of aliphatic hydroxyl groups is 1. The van der Waals surface area contributed by atoms with Crippen LogP contribution >= 0.6 is 0 Å². The summed E-state index contributed by atoms with van der Waals surface area (Å²) in [5, 5.41) is 20.7. The molecule has 0 rings (SSSR count). The first-order chi connectivity index (χ1) is 8.23. The van der Waals surface area contributed by atoms with Crippen molar-refractivity contribution in [3.05, 3.63) is 0 Å². The maximum absolute atomic E-state index is 11.6. The van der Waals surface area contributed by atoms with Gasteiger partial charge in [0.05, 0.1) is 24.6 Å². The smallest absolute Gasteiger partial charge is 0.305 e. The highest BCUT2D eigenvalue weighted by Gasteiger charge is 2.22. The van der Waals surface area contributed by atoms with E-state index in [2.05, 4.69) is 19.2 Å². The molecule has 0 aliphatic carbocycles. The molecule has 0 aromatic carbocycles. The van der Waals surface area contributed by atoms with Crippen molar-refractivity contribution < 1.29 is 19.8 Å². The molecule has 0 aliphatic rings. The molecule has 0 saturated heterocycles. The number of carboxylic acids is 1. The lowest BCUT2D eigenvalue weighted by atomic mass is 10.00. The van der Waals surface area contributed by atoms with Crippen molar-refractivity contribution in [2.24, 2.45) is 11.7 Å². The van der Waals surface area contributed by atoms with Gasteiger partial charge >= 0.3 is 5.97 Å². The van der Waals surface area contributed by atoms with E-state index in [1.165, 1.54) is 0 Å². The monoisotopic (exact) mass is 260 g/mol. The Morgan fingerprint density at radius 1 is 1.22 bits per heavy atom. The lowest BCUT2D eigenvalue weighted by Crippen LogP contribution is -2.49. The van der Waals surface area contributed by atoms with Crippen molar-refractivity contribution in [3.63, 3.8) is 0 Å². The molecule has 6 nitrogen and oxygen atoms in total. The normalized spacial score (nSPS) is 16.1. The topological polar surface area (TPSA) is 113 Å². The van der Waals surface area contributed by atoms with Crippen LogP contribution in [0, 0.1) is 5.92 Å². The molecule has 0 fully saturated rings. The van der Waals surface area contributed by atoms with Crippen LogP contribution in [0.3, 0.4) is 0 Å². The van der Waals surface area contributed by atoms with Gasteiger partial charge in [0.2, 0.25) is 5.91 Å². The molecular formula is C12H24N2O4. The number of aliphatic carboxylic acids is 1. The highest BCUT2D eigenvalue weighted by molar-refractivity contribution is 5.86. The second-order valence-electron chi connectivity index (χ2n) is 5.03. The van der Waals surface area contributed by atoms with E-state index in [9.17, 15) is 14.7 Å². The fourth-order valence-electron chi connectivity index (χ4n) is 1.52. The average Bonchev–Trinajstić information content (AvgIpc) is 2.21. The lowest BCUT2D eigenvalue weighted by Gasteiger charge is -2.23. The number of rotatable bonds is 8. The van der Waals surface area contributed by atoms with Crippen molar-refractivity contribution >= 4 is 11.9 Å². The first kappa shape index (κ1) is 16.9. The molecule has 0 bridgehead atoms. The Kier molecular flexibility index (Phi) is 7.54. The van der Waals surface area contributed by atoms with Crippen molar-refractivity contribution in [1.82, 2.24) is 5.32 Å². The van der Waals surface area contributed by atoms with E-state index in [-0.39, 0.29) is 6.04 Å². The van der Waals surface area contributed by atoms with Gasteiger partial charge in [0, 0.05) is 0 Å². The summed E-state index contributed by atoms with van der Waals surface area (Å²) in [5.74, 6) is -1.18. The van der Waals surface area contributed by atoms with E-state index in [0.29, 0.717) is 12.3 Å². The number of carboxylic acid groups (broad SMARTS) is 1. The maximum atomic E-state index is 11.6. The minimum atomic E-state index is -1.12. The summed E-state index contributed by atoms with van der Waals surface area (Å²) >= 11 is 0. The minimum absolute atomic E-state index is 0.389. The fraction of sp³-hybridized carbons (Fsp3) is 0.833. The van der Waals surface area contributed by atoms with E-state index in [0.717, 1.165) is 6.42 Å². The number of nitrogens with one attached hydrogen (secondary N) is 1. The zero-order chi connectivity index (χ0) is 14.3. The summed E-state index contributed by atoms with van der Waals surface area (Å²) in [5.41, 5.74) is 5.45. The van der Waals surface area contributed by atoms with Gasteiger partial charge in [-0.05, 0) is 25.7 Å². The Labute approximate surface area is 108 Å². The molecule has 0 saturated carbocycles. The van der Waals surface area contributed by atoms with E-state index < -0.39 is 30.4 Å². The quantitative estimate of drug-likeness (QED) is 0.494. The Morgan fingerprint density at radius 3 is 2.17 bits per heavy atom. The number of hydrogen-bond donors (Lipinski definition) is 4. The van der Waals surface area contributed by atoms with Crippen molar-refractivity contribution in [2.75, 3.05) is 0 Å². The van der Waals surface area contributed by atoms with Gasteiger partial charge < -0.3 is 21.3 Å². The van der Waals surface area contributed by atoms with E-state index in [1.807, 2.05) is 0 Å². The number of hydrogen-bond acceptors (Lipinski definition) is 4. The molecule has 0 heterocycles. The predicted molar refractivity (Wildman–Crippen MR) is 67.9 cm³/mol. The first-order valence-corrected chi connectivity index (χ1v) is 6.19. The Bertz CT molecular complexity index is 279. The fourth-order valence-corrected chi connectivity index (χ4v) is 1.52. The average molecular weight is 260 g/mol. The highest BCUT2D eigenvalue weighted by Crippen LogP contribution is 2.10. The van der Waals surface area contributed by atoms with Crippen molar-refractivity contribution in [3.8, 4) is 0 Å². The molecule has 0 unspecified atom stereocenters. The van der Waals surface area contributed by atoms with Gasteiger partial charge in [0.25, 0.3) is 0 Å². The van der Waals surface area contributed by atoms with E-state index in [4.69, 9.17) is 10.8 Å². The Hall–Kier alpha value is -1.14. The van der Waals surface area contributed by atoms with Crippen LogP contribution in [0.4, 0.5) is 0 Å². The molecule has 0 radical (unpaired) electrons. The third-order valence-electron chi connectivity index (χ3n) is 2.70. The van der Waals surface area contributed by atoms with Crippen LogP contribution in [0.5, 0.6) is 0 Å². The number of nitrogens with two attached hydrogens (primary N) is 1. The summed E-state index contributed by atoms with van der Waals surface area (Å²) in [4.78, 5) is 22.1. The molecule has 3 atom stereocenters. The van der Waals surface area contributed by atoms with Gasteiger partial charge in [-0.1, -0.05) is 13.8 Å². The predicted octanol–water partition coefficient (Wildman–Crippen LogP) is 0.0902. The van der Waals surface area contributed by atoms with Crippen LogP contribution in [0.25, 0.3) is 0 Å². The molecule has 6 heteroatoms. The second kappa shape index (κ2) is 8.05. The molecular weight excluding hydrogens is 236 g/mol. The summed E-state index contributed by atoms with van der Waals surface area (Å²) < 4.78 is 0. The minimum Gasteiger partial charge on any atom is -0.481 e. The van der Waals surface area contributed by atoms with E-state index >= 15 is 0 Å². The van der Waals surface area contributed by atoms with Crippen molar-refractivity contribution in [2.45, 2.75) is 58.2 Å². The SMILES string of the molecule is CC(C)CC[C@H](NC(=O)[C@@H](N)CC(=O)O)[C@H](C)O. The van der Waals surface area contributed by atoms with Crippen LogP contribution in [0.1, 0.15) is 40.0 Å². The van der Waals surface area contributed by atoms with Gasteiger partial charge in [0.1, 0.15) is 0 Å². The molecule has 106 valence electrons. The summed E-state index contributed by atoms with van der Waals surface area (Å²) in [6.07, 6.45) is 0.401. The van der Waals surface area contributed by atoms with Crippen molar-refractivity contribution in [1.29, 1.82) is 0 Å². The van der Waals surface area contributed by atoms with Crippen LogP contribution in [-0.4, -0.2) is 40.3 Å². The third-order valence-corrected chi connectivity index (χ3v) is 2.70. The van der Waals surface area contributed by atoms with Crippen LogP contribution in [0.15, 0.2) is 0 Å². The molecule has 18 heavy (non-hydrogen) atoms. The molecule has 0 aromatic rings. The Morgan fingerprint density at radius 2 is 1.78 bits per heavy atom. The molecule has 0 aromatic heterocycles. The zero-order valence-corrected chi connectivity index (χ0v) is 11.2. The third kappa shape index (κ3) is 7.24. The maximum Gasteiger partial charge on any atom is 0.305 e. The number of carbonyl (C=O) groups is 2. The van der Waals surface area contributed by atoms with Gasteiger partial charge in [-0.15, -0.1) is 0 Å². The molecule has 0 aliphatic heterocycles. The highest BCUT2D eigenvalue weighted by atomic mass is 16.4. The number of carbonyl (C=O) groups excluding carboxylic acids is 1. The van der Waals surface area contributed by atoms with Crippen LogP contribution in [-0.2, 0) is 9.59 Å². The van der Waals surface area contributed by atoms with E-state index in [1.54, 1.807) is 6.92 Å². The summed E-state index contributed by atoms with van der Waals surface area (Å²) in [6, 6.07) is -1.47. The van der Waals surface area contributed by atoms with Gasteiger partial charge in [-0.3, -0.25) is 9.59 Å². The summed E-state index contributed by atoms with van der Waals surface area (Å²) in [6.45, 7) is 5.70.